The van der Waals surface area contributed by atoms with Crippen LogP contribution >= 0.6 is 12.4 Å². The largest absolute Gasteiger partial charge is 0.465 e. The number of piperazine rings is 1. The molecule has 118 valence electrons. The number of esters is 1. The Labute approximate surface area is 130 Å². The average molecular weight is 335 g/mol. The summed E-state index contributed by atoms with van der Waals surface area (Å²) in [6, 6.07) is 4.70. The zero-order valence-electron chi connectivity index (χ0n) is 12.0. The van der Waals surface area contributed by atoms with Gasteiger partial charge in [0.25, 0.3) is 0 Å². The summed E-state index contributed by atoms with van der Waals surface area (Å²) < 4.78 is 31.3. The van der Waals surface area contributed by atoms with Crippen LogP contribution in [0.25, 0.3) is 0 Å². The van der Waals surface area contributed by atoms with Gasteiger partial charge < -0.3 is 10.1 Å². The fourth-order valence-electron chi connectivity index (χ4n) is 2.16. The Hall–Kier alpha value is -1.15. The van der Waals surface area contributed by atoms with Crippen LogP contribution in [0.5, 0.6) is 0 Å². The minimum Gasteiger partial charge on any atom is -0.465 e. The van der Waals surface area contributed by atoms with Crippen molar-refractivity contribution in [3.63, 3.8) is 0 Å². The highest BCUT2D eigenvalue weighted by molar-refractivity contribution is 7.89. The van der Waals surface area contributed by atoms with Crippen LogP contribution in [0.2, 0.25) is 0 Å². The number of carbonyl (C=O) groups excluding carboxylic acids is 1. The third-order valence-electron chi connectivity index (χ3n) is 3.23. The van der Waals surface area contributed by atoms with Gasteiger partial charge in [0.05, 0.1) is 17.6 Å². The number of aryl methyl sites for hydroxylation is 1. The lowest BCUT2D eigenvalue weighted by Crippen LogP contribution is -2.46. The molecule has 1 aliphatic heterocycles. The fraction of sp³-hybridized carbons (Fsp3) is 0.462. The van der Waals surface area contributed by atoms with E-state index in [4.69, 9.17) is 0 Å². The van der Waals surface area contributed by atoms with E-state index in [1.807, 2.05) is 0 Å². The first-order chi connectivity index (χ1) is 9.46. The molecule has 0 unspecified atom stereocenters. The molecular weight excluding hydrogens is 316 g/mol. The van der Waals surface area contributed by atoms with Crippen LogP contribution in [-0.4, -0.2) is 52.0 Å². The molecule has 1 N–H and O–H groups in total. The van der Waals surface area contributed by atoms with Crippen molar-refractivity contribution < 1.29 is 17.9 Å². The van der Waals surface area contributed by atoms with Gasteiger partial charge in [-0.05, 0) is 19.1 Å². The van der Waals surface area contributed by atoms with Gasteiger partial charge in [-0.1, -0.05) is 11.6 Å². The molecule has 0 spiro atoms. The molecule has 6 nitrogen and oxygen atoms in total. The van der Waals surface area contributed by atoms with Gasteiger partial charge in [0.2, 0.25) is 10.0 Å². The summed E-state index contributed by atoms with van der Waals surface area (Å²) in [6.07, 6.45) is 0. The molecule has 8 heteroatoms. The molecule has 1 aromatic rings. The molecule has 0 atom stereocenters. The lowest BCUT2D eigenvalue weighted by molar-refractivity contribution is 0.0596. The molecule has 0 aromatic heterocycles. The smallest absolute Gasteiger partial charge is 0.339 e. The van der Waals surface area contributed by atoms with Crippen LogP contribution in [0.1, 0.15) is 15.9 Å². The van der Waals surface area contributed by atoms with Crippen molar-refractivity contribution in [2.75, 3.05) is 33.3 Å². The van der Waals surface area contributed by atoms with E-state index < -0.39 is 16.0 Å². The molecule has 0 saturated carbocycles. The minimum atomic E-state index is -3.67. The number of halogens is 1. The van der Waals surface area contributed by atoms with Crippen LogP contribution in [0.15, 0.2) is 23.1 Å². The van der Waals surface area contributed by atoms with E-state index in [2.05, 4.69) is 10.1 Å². The molecule has 1 fully saturated rings. The standard InChI is InChI=1S/C13H18N2O4S.ClH/c1-10-3-4-12(11(9-10)13(16)19-2)20(17,18)15-7-5-14-6-8-15;/h3-4,9,14H,5-8H2,1-2H3;1H. The molecular formula is C13H19ClN2O4S. The fourth-order valence-corrected chi connectivity index (χ4v) is 3.76. The summed E-state index contributed by atoms with van der Waals surface area (Å²) in [6.45, 7) is 3.82. The second kappa shape index (κ2) is 7.22. The van der Waals surface area contributed by atoms with Gasteiger partial charge in [-0.25, -0.2) is 13.2 Å². The van der Waals surface area contributed by atoms with Crippen molar-refractivity contribution in [2.24, 2.45) is 0 Å². The Morgan fingerprint density at radius 2 is 1.90 bits per heavy atom. The summed E-state index contributed by atoms with van der Waals surface area (Å²) in [5, 5.41) is 3.10. The first-order valence-corrected chi connectivity index (χ1v) is 7.80. The predicted molar refractivity (Wildman–Crippen MR) is 81.4 cm³/mol. The molecule has 0 amide bonds. The first-order valence-electron chi connectivity index (χ1n) is 6.36. The quantitative estimate of drug-likeness (QED) is 0.827. The number of sulfonamides is 1. The number of hydrogen-bond acceptors (Lipinski definition) is 5. The predicted octanol–water partition coefficient (Wildman–Crippen LogP) is 0.797. The summed E-state index contributed by atoms with van der Waals surface area (Å²) in [5.74, 6) is -0.637. The van der Waals surface area contributed by atoms with Crippen molar-refractivity contribution in [3.8, 4) is 0 Å². The third kappa shape index (κ3) is 3.74. The Kier molecular flexibility index (Phi) is 6.15. The molecule has 0 bridgehead atoms. The molecule has 21 heavy (non-hydrogen) atoms. The number of methoxy groups -OCH3 is 1. The maximum absolute atomic E-state index is 12.6. The minimum absolute atomic E-state index is 0. The van der Waals surface area contributed by atoms with Crippen molar-refractivity contribution >= 4 is 28.4 Å². The summed E-state index contributed by atoms with van der Waals surface area (Å²) in [7, 11) is -2.43. The Morgan fingerprint density at radius 1 is 1.29 bits per heavy atom. The Morgan fingerprint density at radius 3 is 2.48 bits per heavy atom. The number of benzene rings is 1. The van der Waals surface area contributed by atoms with E-state index in [0.29, 0.717) is 26.2 Å². The number of nitrogens with zero attached hydrogens (tertiary/aromatic N) is 1. The van der Waals surface area contributed by atoms with E-state index in [1.54, 1.807) is 19.1 Å². The zero-order chi connectivity index (χ0) is 14.8. The molecule has 1 saturated heterocycles. The molecule has 1 heterocycles. The second-order valence-corrected chi connectivity index (χ2v) is 6.55. The Bertz CT molecular complexity index is 613. The van der Waals surface area contributed by atoms with Gasteiger partial charge in [-0.3, -0.25) is 0 Å². The summed E-state index contributed by atoms with van der Waals surface area (Å²) >= 11 is 0. The van der Waals surface area contributed by atoms with Gasteiger partial charge in [0.1, 0.15) is 0 Å². The normalized spacial score (nSPS) is 16.1. The van der Waals surface area contributed by atoms with Crippen LogP contribution in [-0.2, 0) is 14.8 Å². The number of nitrogens with one attached hydrogen (secondary N) is 1. The van der Waals surface area contributed by atoms with Crippen LogP contribution in [0.4, 0.5) is 0 Å². The second-order valence-electron chi connectivity index (χ2n) is 4.65. The van der Waals surface area contributed by atoms with Crippen molar-refractivity contribution in [1.82, 2.24) is 9.62 Å². The van der Waals surface area contributed by atoms with E-state index in [-0.39, 0.29) is 22.9 Å². The van der Waals surface area contributed by atoms with Crippen molar-refractivity contribution in [1.29, 1.82) is 0 Å². The third-order valence-corrected chi connectivity index (χ3v) is 5.19. The molecule has 1 aromatic carbocycles. The highest BCUT2D eigenvalue weighted by Crippen LogP contribution is 2.22. The topological polar surface area (TPSA) is 75.7 Å². The average Bonchev–Trinajstić information content (AvgIpc) is 2.47. The van der Waals surface area contributed by atoms with E-state index in [0.717, 1.165) is 5.56 Å². The van der Waals surface area contributed by atoms with Gasteiger partial charge in [0, 0.05) is 26.2 Å². The van der Waals surface area contributed by atoms with E-state index in [1.165, 1.54) is 17.5 Å². The molecule has 0 aliphatic carbocycles. The highest BCUT2D eigenvalue weighted by Gasteiger charge is 2.30. The van der Waals surface area contributed by atoms with Crippen LogP contribution in [0.3, 0.4) is 0 Å². The van der Waals surface area contributed by atoms with E-state index in [9.17, 15) is 13.2 Å². The monoisotopic (exact) mass is 334 g/mol. The summed E-state index contributed by atoms with van der Waals surface area (Å²) in [4.78, 5) is 11.8. The lowest BCUT2D eigenvalue weighted by Gasteiger charge is -2.27. The SMILES string of the molecule is COC(=O)c1cc(C)ccc1S(=O)(=O)N1CCNCC1.Cl. The van der Waals surface area contributed by atoms with Crippen molar-refractivity contribution in [2.45, 2.75) is 11.8 Å². The number of rotatable bonds is 3. The van der Waals surface area contributed by atoms with Crippen LogP contribution < -0.4 is 5.32 Å². The lowest BCUT2D eigenvalue weighted by atomic mass is 10.1. The van der Waals surface area contributed by atoms with Gasteiger partial charge in [-0.15, -0.1) is 12.4 Å². The summed E-state index contributed by atoms with van der Waals surface area (Å²) in [5.41, 5.74) is 0.899. The van der Waals surface area contributed by atoms with Gasteiger partial charge >= 0.3 is 5.97 Å². The maximum Gasteiger partial charge on any atom is 0.339 e. The van der Waals surface area contributed by atoms with Gasteiger partial charge in [-0.2, -0.15) is 4.31 Å². The first kappa shape index (κ1) is 17.9. The van der Waals surface area contributed by atoms with E-state index >= 15 is 0 Å². The number of hydrogen-bond donors (Lipinski definition) is 1. The van der Waals surface area contributed by atoms with Crippen LogP contribution in [0, 0.1) is 6.92 Å². The van der Waals surface area contributed by atoms with Gasteiger partial charge in [0.15, 0.2) is 0 Å². The number of carbonyl (C=O) groups is 1. The highest BCUT2D eigenvalue weighted by atomic mass is 35.5. The number of ether oxygens (including phenoxy) is 1. The Balaban J connectivity index is 0.00000220. The zero-order valence-corrected chi connectivity index (χ0v) is 13.6. The maximum atomic E-state index is 12.6. The molecule has 0 radical (unpaired) electrons. The van der Waals surface area contributed by atoms with Crippen molar-refractivity contribution in [3.05, 3.63) is 29.3 Å². The molecule has 2 rings (SSSR count). The molecule has 1 aliphatic rings.